The predicted octanol–water partition coefficient (Wildman–Crippen LogP) is 2.00. The summed E-state index contributed by atoms with van der Waals surface area (Å²) in [6.07, 6.45) is 1.73. The third-order valence-electron chi connectivity index (χ3n) is 1.97. The van der Waals surface area contributed by atoms with E-state index in [-0.39, 0.29) is 5.91 Å². The van der Waals surface area contributed by atoms with Gasteiger partial charge in [0.15, 0.2) is 0 Å². The molecule has 1 rings (SSSR count). The SMILES string of the molecule is C=Cc1ccc(C)c(C(=O)NC)c1. The van der Waals surface area contributed by atoms with Gasteiger partial charge >= 0.3 is 0 Å². The Balaban J connectivity index is 3.18. The van der Waals surface area contributed by atoms with Crippen molar-refractivity contribution in [1.29, 1.82) is 0 Å². The highest BCUT2D eigenvalue weighted by Crippen LogP contribution is 2.11. The van der Waals surface area contributed by atoms with Crippen molar-refractivity contribution in [2.45, 2.75) is 6.92 Å². The Morgan fingerprint density at radius 1 is 1.54 bits per heavy atom. The van der Waals surface area contributed by atoms with Crippen LogP contribution in [0.25, 0.3) is 6.08 Å². The molecule has 1 aromatic rings. The van der Waals surface area contributed by atoms with Crippen LogP contribution in [0, 0.1) is 6.92 Å². The molecule has 0 saturated carbocycles. The second kappa shape index (κ2) is 3.90. The highest BCUT2D eigenvalue weighted by Gasteiger charge is 2.06. The van der Waals surface area contributed by atoms with Crippen LogP contribution in [0.4, 0.5) is 0 Å². The number of carbonyl (C=O) groups is 1. The number of aryl methyl sites for hydroxylation is 1. The minimum absolute atomic E-state index is 0.0544. The van der Waals surface area contributed by atoms with Crippen LogP contribution in [0.1, 0.15) is 21.5 Å². The van der Waals surface area contributed by atoms with Gasteiger partial charge in [0, 0.05) is 12.6 Å². The third-order valence-corrected chi connectivity index (χ3v) is 1.97. The molecule has 2 heteroatoms. The van der Waals surface area contributed by atoms with Gasteiger partial charge in [-0.05, 0) is 24.1 Å². The molecule has 0 unspecified atom stereocenters. The van der Waals surface area contributed by atoms with E-state index in [1.165, 1.54) is 0 Å². The van der Waals surface area contributed by atoms with Crippen LogP contribution in [0.15, 0.2) is 24.8 Å². The second-order valence-electron chi connectivity index (χ2n) is 2.86. The van der Waals surface area contributed by atoms with Gasteiger partial charge in [-0.2, -0.15) is 0 Å². The lowest BCUT2D eigenvalue weighted by molar-refractivity contribution is 0.0962. The Morgan fingerprint density at radius 3 is 2.77 bits per heavy atom. The lowest BCUT2D eigenvalue weighted by Crippen LogP contribution is -2.18. The fraction of sp³-hybridized carbons (Fsp3) is 0.182. The van der Waals surface area contributed by atoms with Crippen molar-refractivity contribution in [1.82, 2.24) is 5.32 Å². The smallest absolute Gasteiger partial charge is 0.251 e. The third kappa shape index (κ3) is 1.96. The van der Waals surface area contributed by atoms with Crippen LogP contribution in [0.2, 0.25) is 0 Å². The molecule has 0 aromatic heterocycles. The zero-order chi connectivity index (χ0) is 9.84. The molecule has 1 N–H and O–H groups in total. The fourth-order valence-electron chi connectivity index (χ4n) is 1.15. The molecule has 1 amide bonds. The Labute approximate surface area is 78.3 Å². The topological polar surface area (TPSA) is 29.1 Å². The zero-order valence-corrected chi connectivity index (χ0v) is 7.92. The Hall–Kier alpha value is -1.57. The normalized spacial score (nSPS) is 9.38. The minimum Gasteiger partial charge on any atom is -0.355 e. The van der Waals surface area contributed by atoms with E-state index in [2.05, 4.69) is 11.9 Å². The first-order valence-electron chi connectivity index (χ1n) is 4.14. The summed E-state index contributed by atoms with van der Waals surface area (Å²) in [5, 5.41) is 2.60. The Kier molecular flexibility index (Phi) is 2.85. The monoisotopic (exact) mass is 175 g/mol. The average Bonchev–Trinajstić information content (AvgIpc) is 2.17. The summed E-state index contributed by atoms with van der Waals surface area (Å²) in [4.78, 5) is 11.4. The molecular formula is C11H13NO. The first-order valence-corrected chi connectivity index (χ1v) is 4.14. The molecule has 0 atom stereocenters. The molecule has 2 nitrogen and oxygen atoms in total. The van der Waals surface area contributed by atoms with Crippen molar-refractivity contribution in [2.75, 3.05) is 7.05 Å². The van der Waals surface area contributed by atoms with Gasteiger partial charge in [0.05, 0.1) is 0 Å². The van der Waals surface area contributed by atoms with Gasteiger partial charge in [-0.15, -0.1) is 0 Å². The van der Waals surface area contributed by atoms with Gasteiger partial charge in [0.1, 0.15) is 0 Å². The molecular weight excluding hydrogens is 162 g/mol. The summed E-state index contributed by atoms with van der Waals surface area (Å²) in [5.41, 5.74) is 2.65. The lowest BCUT2D eigenvalue weighted by Gasteiger charge is -2.04. The standard InChI is InChI=1S/C11H13NO/c1-4-9-6-5-8(2)10(7-9)11(13)12-3/h4-7H,1H2,2-3H3,(H,12,13). The van der Waals surface area contributed by atoms with E-state index in [0.717, 1.165) is 11.1 Å². The van der Waals surface area contributed by atoms with Gasteiger partial charge < -0.3 is 5.32 Å². The lowest BCUT2D eigenvalue weighted by atomic mass is 10.0. The van der Waals surface area contributed by atoms with Gasteiger partial charge in [-0.3, -0.25) is 4.79 Å². The highest BCUT2D eigenvalue weighted by molar-refractivity contribution is 5.95. The van der Waals surface area contributed by atoms with E-state index < -0.39 is 0 Å². The second-order valence-corrected chi connectivity index (χ2v) is 2.86. The van der Waals surface area contributed by atoms with Crippen molar-refractivity contribution >= 4 is 12.0 Å². The van der Waals surface area contributed by atoms with E-state index in [9.17, 15) is 4.79 Å². The molecule has 68 valence electrons. The Bertz CT molecular complexity index is 342. The van der Waals surface area contributed by atoms with E-state index in [1.807, 2.05) is 25.1 Å². The number of nitrogens with one attached hydrogen (secondary N) is 1. The fourth-order valence-corrected chi connectivity index (χ4v) is 1.15. The van der Waals surface area contributed by atoms with E-state index in [0.29, 0.717) is 5.56 Å². The summed E-state index contributed by atoms with van der Waals surface area (Å²) in [6.45, 7) is 5.57. The zero-order valence-electron chi connectivity index (χ0n) is 7.92. The molecule has 0 aliphatic carbocycles. The van der Waals surface area contributed by atoms with Gasteiger partial charge in [0.2, 0.25) is 0 Å². The number of amides is 1. The van der Waals surface area contributed by atoms with Crippen molar-refractivity contribution < 1.29 is 4.79 Å². The van der Waals surface area contributed by atoms with Crippen LogP contribution in [-0.4, -0.2) is 13.0 Å². The minimum atomic E-state index is -0.0544. The van der Waals surface area contributed by atoms with Crippen molar-refractivity contribution in [3.05, 3.63) is 41.5 Å². The van der Waals surface area contributed by atoms with Crippen LogP contribution < -0.4 is 5.32 Å². The van der Waals surface area contributed by atoms with E-state index in [1.54, 1.807) is 13.1 Å². The number of hydrogen-bond donors (Lipinski definition) is 1. The predicted molar refractivity (Wildman–Crippen MR) is 54.7 cm³/mol. The van der Waals surface area contributed by atoms with E-state index in [4.69, 9.17) is 0 Å². The van der Waals surface area contributed by atoms with Gasteiger partial charge in [-0.1, -0.05) is 24.8 Å². The molecule has 0 radical (unpaired) electrons. The van der Waals surface area contributed by atoms with Crippen molar-refractivity contribution in [2.24, 2.45) is 0 Å². The van der Waals surface area contributed by atoms with Crippen LogP contribution in [0.5, 0.6) is 0 Å². The number of benzene rings is 1. The maximum absolute atomic E-state index is 11.4. The molecule has 0 heterocycles. The average molecular weight is 175 g/mol. The summed E-state index contributed by atoms with van der Waals surface area (Å²) in [7, 11) is 1.63. The highest BCUT2D eigenvalue weighted by atomic mass is 16.1. The first-order chi connectivity index (χ1) is 6.19. The molecule has 0 aliphatic rings. The molecule has 0 fully saturated rings. The van der Waals surface area contributed by atoms with Crippen molar-refractivity contribution in [3.63, 3.8) is 0 Å². The molecule has 13 heavy (non-hydrogen) atoms. The summed E-state index contributed by atoms with van der Waals surface area (Å²) in [6, 6.07) is 5.69. The van der Waals surface area contributed by atoms with Gasteiger partial charge in [0.25, 0.3) is 5.91 Å². The Morgan fingerprint density at radius 2 is 2.23 bits per heavy atom. The van der Waals surface area contributed by atoms with Crippen LogP contribution >= 0.6 is 0 Å². The summed E-state index contributed by atoms with van der Waals surface area (Å²) in [5.74, 6) is -0.0544. The van der Waals surface area contributed by atoms with Gasteiger partial charge in [-0.25, -0.2) is 0 Å². The molecule has 0 bridgehead atoms. The molecule has 1 aromatic carbocycles. The molecule has 0 spiro atoms. The quantitative estimate of drug-likeness (QED) is 0.731. The van der Waals surface area contributed by atoms with E-state index >= 15 is 0 Å². The van der Waals surface area contributed by atoms with Crippen molar-refractivity contribution in [3.8, 4) is 0 Å². The molecule has 0 aliphatic heterocycles. The largest absolute Gasteiger partial charge is 0.355 e. The summed E-state index contributed by atoms with van der Waals surface area (Å²) < 4.78 is 0. The number of rotatable bonds is 2. The van der Waals surface area contributed by atoms with Crippen LogP contribution in [0.3, 0.4) is 0 Å². The summed E-state index contributed by atoms with van der Waals surface area (Å²) >= 11 is 0. The maximum Gasteiger partial charge on any atom is 0.251 e. The first kappa shape index (κ1) is 9.52. The number of hydrogen-bond acceptors (Lipinski definition) is 1. The maximum atomic E-state index is 11.4. The van der Waals surface area contributed by atoms with Crippen LogP contribution in [-0.2, 0) is 0 Å². The molecule has 0 saturated heterocycles. The number of carbonyl (C=O) groups excluding carboxylic acids is 1.